The fourth-order valence-electron chi connectivity index (χ4n) is 2.92. The second-order valence-corrected chi connectivity index (χ2v) is 6.65. The normalized spacial score (nSPS) is 10.9. The first kappa shape index (κ1) is 24.4. The van der Waals surface area contributed by atoms with Crippen molar-refractivity contribution in [3.05, 3.63) is 64.1 Å². The van der Waals surface area contributed by atoms with Crippen molar-refractivity contribution in [2.24, 2.45) is 0 Å². The van der Waals surface area contributed by atoms with E-state index in [4.69, 9.17) is 14.2 Å². The Morgan fingerprint density at radius 1 is 0.969 bits per heavy atom. The highest BCUT2D eigenvalue weighted by atomic mass is 16.5. The number of benzene rings is 1. The zero-order valence-electron chi connectivity index (χ0n) is 18.4. The minimum atomic E-state index is -0.816. The van der Waals surface area contributed by atoms with Gasteiger partial charge in [0.25, 0.3) is 0 Å². The third-order valence-electron chi connectivity index (χ3n) is 4.28. The molecule has 0 aliphatic rings. The van der Waals surface area contributed by atoms with Crippen molar-refractivity contribution in [3.63, 3.8) is 0 Å². The van der Waals surface area contributed by atoms with Crippen molar-refractivity contribution in [2.75, 3.05) is 13.2 Å². The maximum absolute atomic E-state index is 12.7. The molecule has 32 heavy (non-hydrogen) atoms. The Kier molecular flexibility index (Phi) is 8.76. The van der Waals surface area contributed by atoms with Gasteiger partial charge in [0.1, 0.15) is 18.0 Å². The molecule has 1 amide bonds. The number of aromatic amines is 1. The first-order valence-electron chi connectivity index (χ1n) is 10.1. The molecule has 0 saturated heterocycles. The Labute approximate surface area is 185 Å². The molecule has 9 nitrogen and oxygen atoms in total. The summed E-state index contributed by atoms with van der Waals surface area (Å²) in [4.78, 5) is 51.7. The molecule has 2 rings (SSSR count). The molecule has 0 fully saturated rings. The SMILES string of the molecule is CCOC(=O)c1[nH]c(COC(=O)/C(=C\c2ccccc2)NC(C)=O)c(C(=O)OCC)c1C. The lowest BCUT2D eigenvalue weighted by Gasteiger charge is -2.10. The van der Waals surface area contributed by atoms with Gasteiger partial charge in [0.05, 0.1) is 24.5 Å². The molecule has 2 N–H and O–H groups in total. The lowest BCUT2D eigenvalue weighted by atomic mass is 10.1. The van der Waals surface area contributed by atoms with Gasteiger partial charge in [-0.05, 0) is 38.0 Å². The van der Waals surface area contributed by atoms with Crippen molar-refractivity contribution in [1.82, 2.24) is 10.3 Å². The average Bonchev–Trinajstić information content (AvgIpc) is 3.08. The molecule has 0 radical (unpaired) electrons. The van der Waals surface area contributed by atoms with Crippen LogP contribution in [0.3, 0.4) is 0 Å². The zero-order chi connectivity index (χ0) is 23.7. The molecule has 9 heteroatoms. The van der Waals surface area contributed by atoms with Gasteiger partial charge in [-0.25, -0.2) is 14.4 Å². The van der Waals surface area contributed by atoms with Crippen LogP contribution < -0.4 is 5.32 Å². The molecule has 1 heterocycles. The Morgan fingerprint density at radius 2 is 1.59 bits per heavy atom. The smallest absolute Gasteiger partial charge is 0.355 e. The van der Waals surface area contributed by atoms with Crippen LogP contribution in [0.5, 0.6) is 0 Å². The number of carbonyl (C=O) groups is 4. The van der Waals surface area contributed by atoms with E-state index in [-0.39, 0.29) is 42.5 Å². The Morgan fingerprint density at radius 3 is 2.19 bits per heavy atom. The summed E-state index contributed by atoms with van der Waals surface area (Å²) < 4.78 is 15.4. The Balaban J connectivity index is 2.31. The van der Waals surface area contributed by atoms with E-state index in [9.17, 15) is 19.2 Å². The molecule has 0 spiro atoms. The van der Waals surface area contributed by atoms with Gasteiger partial charge in [0.15, 0.2) is 0 Å². The third kappa shape index (κ3) is 6.31. The summed E-state index contributed by atoms with van der Waals surface area (Å²) in [6.45, 7) is 6.07. The molecule has 1 aromatic heterocycles. The molecule has 0 bridgehead atoms. The number of ether oxygens (including phenoxy) is 3. The summed E-state index contributed by atoms with van der Waals surface area (Å²) in [7, 11) is 0. The largest absolute Gasteiger partial charge is 0.462 e. The van der Waals surface area contributed by atoms with Crippen molar-refractivity contribution >= 4 is 29.9 Å². The maximum atomic E-state index is 12.7. The van der Waals surface area contributed by atoms with Crippen LogP contribution in [-0.4, -0.2) is 42.0 Å². The molecule has 0 aliphatic carbocycles. The lowest BCUT2D eigenvalue weighted by Crippen LogP contribution is -2.26. The van der Waals surface area contributed by atoms with Crippen LogP contribution in [0.25, 0.3) is 6.08 Å². The van der Waals surface area contributed by atoms with E-state index in [2.05, 4.69) is 10.3 Å². The van der Waals surface area contributed by atoms with Gasteiger partial charge < -0.3 is 24.5 Å². The highest BCUT2D eigenvalue weighted by Crippen LogP contribution is 2.22. The van der Waals surface area contributed by atoms with E-state index in [1.807, 2.05) is 6.07 Å². The fourth-order valence-corrected chi connectivity index (χ4v) is 2.92. The minimum absolute atomic E-state index is 0.0721. The molecule has 0 atom stereocenters. The number of esters is 3. The zero-order valence-corrected chi connectivity index (χ0v) is 18.4. The van der Waals surface area contributed by atoms with Gasteiger partial charge in [-0.3, -0.25) is 4.79 Å². The fraction of sp³-hybridized carbons (Fsp3) is 0.304. The van der Waals surface area contributed by atoms with Crippen LogP contribution >= 0.6 is 0 Å². The van der Waals surface area contributed by atoms with E-state index in [0.717, 1.165) is 0 Å². The second-order valence-electron chi connectivity index (χ2n) is 6.65. The van der Waals surface area contributed by atoms with Crippen molar-refractivity contribution in [3.8, 4) is 0 Å². The summed E-state index contributed by atoms with van der Waals surface area (Å²) in [5.74, 6) is -2.57. The van der Waals surface area contributed by atoms with Crippen molar-refractivity contribution in [1.29, 1.82) is 0 Å². The molecule has 2 aromatic rings. The number of nitrogens with one attached hydrogen (secondary N) is 2. The van der Waals surface area contributed by atoms with E-state index >= 15 is 0 Å². The van der Waals surface area contributed by atoms with E-state index in [1.54, 1.807) is 45.0 Å². The minimum Gasteiger partial charge on any atom is -0.462 e. The summed E-state index contributed by atoms with van der Waals surface area (Å²) in [5, 5.41) is 2.45. The third-order valence-corrected chi connectivity index (χ3v) is 4.28. The monoisotopic (exact) mass is 442 g/mol. The van der Waals surface area contributed by atoms with E-state index < -0.39 is 23.8 Å². The number of hydrogen-bond acceptors (Lipinski definition) is 7. The molecular formula is C23H26N2O7. The van der Waals surface area contributed by atoms with Crippen LogP contribution in [0.15, 0.2) is 36.0 Å². The van der Waals surface area contributed by atoms with Crippen LogP contribution in [-0.2, 0) is 30.4 Å². The van der Waals surface area contributed by atoms with Crippen molar-refractivity contribution in [2.45, 2.75) is 34.3 Å². The van der Waals surface area contributed by atoms with Crippen LogP contribution in [0.4, 0.5) is 0 Å². The number of aromatic nitrogens is 1. The van der Waals surface area contributed by atoms with Gasteiger partial charge in [0, 0.05) is 6.92 Å². The number of rotatable bonds is 9. The first-order chi connectivity index (χ1) is 15.3. The molecular weight excluding hydrogens is 416 g/mol. The van der Waals surface area contributed by atoms with Crippen LogP contribution in [0.1, 0.15) is 58.4 Å². The summed E-state index contributed by atoms with van der Waals surface area (Å²) in [5.41, 5.74) is 1.28. The Hall–Kier alpha value is -3.88. The lowest BCUT2D eigenvalue weighted by molar-refractivity contribution is -0.141. The van der Waals surface area contributed by atoms with Crippen LogP contribution in [0.2, 0.25) is 0 Å². The average molecular weight is 442 g/mol. The summed E-state index contributed by atoms with van der Waals surface area (Å²) in [6, 6.07) is 8.90. The van der Waals surface area contributed by atoms with Gasteiger partial charge >= 0.3 is 17.9 Å². The van der Waals surface area contributed by atoms with Gasteiger partial charge in [0.2, 0.25) is 5.91 Å². The number of H-pyrrole nitrogens is 1. The molecule has 170 valence electrons. The summed E-state index contributed by atoms with van der Waals surface area (Å²) in [6.07, 6.45) is 1.47. The van der Waals surface area contributed by atoms with Crippen LogP contribution in [0, 0.1) is 6.92 Å². The molecule has 0 saturated carbocycles. The number of hydrogen-bond donors (Lipinski definition) is 2. The highest BCUT2D eigenvalue weighted by molar-refractivity contribution is 5.99. The standard InChI is InChI=1S/C23H26N2O7/c1-5-30-22(28)19-14(3)20(23(29)31-6-2)25-18(19)13-32-21(27)17(24-15(4)26)12-16-10-8-7-9-11-16/h7-12,25H,5-6,13H2,1-4H3,(H,24,26)/b17-12+. The highest BCUT2D eigenvalue weighted by Gasteiger charge is 2.26. The number of amides is 1. The van der Waals surface area contributed by atoms with E-state index in [1.165, 1.54) is 13.0 Å². The maximum Gasteiger partial charge on any atom is 0.355 e. The predicted molar refractivity (Wildman–Crippen MR) is 115 cm³/mol. The van der Waals surface area contributed by atoms with E-state index in [0.29, 0.717) is 11.1 Å². The molecule has 0 aliphatic heterocycles. The van der Waals surface area contributed by atoms with Crippen molar-refractivity contribution < 1.29 is 33.4 Å². The molecule has 0 unspecified atom stereocenters. The first-order valence-corrected chi connectivity index (χ1v) is 10.1. The summed E-state index contributed by atoms with van der Waals surface area (Å²) >= 11 is 0. The van der Waals surface area contributed by atoms with Gasteiger partial charge in [-0.15, -0.1) is 0 Å². The Bertz CT molecular complexity index is 1020. The van der Waals surface area contributed by atoms with Gasteiger partial charge in [-0.1, -0.05) is 30.3 Å². The van der Waals surface area contributed by atoms with Gasteiger partial charge in [-0.2, -0.15) is 0 Å². The topological polar surface area (TPSA) is 124 Å². The quantitative estimate of drug-likeness (QED) is 0.348. The predicted octanol–water partition coefficient (Wildman–Crippen LogP) is 2.90. The second kappa shape index (κ2) is 11.5. The molecule has 1 aromatic carbocycles. The number of carbonyl (C=O) groups excluding carboxylic acids is 4.